The number of hydrogen-bond donors (Lipinski definition) is 0. The van der Waals surface area contributed by atoms with Crippen LogP contribution in [0.2, 0.25) is 0 Å². The number of benzene rings is 7. The Kier molecular flexibility index (Phi) is 8.12. The molecule has 0 amide bonds. The summed E-state index contributed by atoms with van der Waals surface area (Å²) in [5.41, 5.74) is 7.17. The fourth-order valence-corrected chi connectivity index (χ4v) is 9.33. The highest BCUT2D eigenvalue weighted by Crippen LogP contribution is 2.42. The van der Waals surface area contributed by atoms with Crippen LogP contribution in [0, 0.1) is 5.92 Å². The van der Waals surface area contributed by atoms with E-state index in [2.05, 4.69) is 164 Å². The van der Waals surface area contributed by atoms with Crippen LogP contribution in [-0.4, -0.2) is 15.0 Å². The quantitative estimate of drug-likeness (QED) is 0.121. The van der Waals surface area contributed by atoms with Crippen molar-refractivity contribution in [2.45, 2.75) is 20.3 Å². The van der Waals surface area contributed by atoms with Gasteiger partial charge in [0.1, 0.15) is 0 Å². The summed E-state index contributed by atoms with van der Waals surface area (Å²) in [7, 11) is 0. The fourth-order valence-electron chi connectivity index (χ4n) is 7.81. The average Bonchev–Trinajstić information content (AvgIpc) is 3.93. The van der Waals surface area contributed by atoms with Gasteiger partial charge in [-0.25, -0.2) is 15.0 Å². The second-order valence-corrected chi connectivity index (χ2v) is 16.2. The molecule has 54 heavy (non-hydrogen) atoms. The van der Waals surface area contributed by atoms with Crippen molar-refractivity contribution < 1.29 is 0 Å². The maximum absolute atomic E-state index is 5.06. The van der Waals surface area contributed by atoms with Crippen LogP contribution in [0.4, 0.5) is 0 Å². The van der Waals surface area contributed by atoms with Crippen molar-refractivity contribution in [3.05, 3.63) is 162 Å². The summed E-state index contributed by atoms with van der Waals surface area (Å²) in [6, 6.07) is 53.0. The van der Waals surface area contributed by atoms with Crippen LogP contribution in [0.15, 0.2) is 156 Å². The smallest absolute Gasteiger partial charge is 0.174 e. The van der Waals surface area contributed by atoms with Crippen molar-refractivity contribution in [1.82, 2.24) is 15.0 Å². The van der Waals surface area contributed by atoms with Gasteiger partial charge in [0.05, 0.1) is 9.75 Å². The van der Waals surface area contributed by atoms with Crippen LogP contribution in [0.25, 0.3) is 98.1 Å². The summed E-state index contributed by atoms with van der Waals surface area (Å²) in [6.07, 6.45) is 1.04. The van der Waals surface area contributed by atoms with E-state index in [-0.39, 0.29) is 0 Å². The molecule has 0 aliphatic rings. The standard InChI is InChI=1S/C49H35N3S2/c1-30(2)25-31-26-45(54-29-31)49-51-47(50-48(52-49)44-15-8-24-53-44)34-19-17-33(18-20-34)46-39-12-6-5-11-36(39)28-43-40-14-7-13-38(41(40)22-23-42(43)46)37-21-16-32-9-3-4-10-35(32)27-37/h3-24,26-30H,25H2,1-2H3. The maximum atomic E-state index is 5.06. The van der Waals surface area contributed by atoms with Gasteiger partial charge in [-0.15, -0.1) is 22.7 Å². The van der Waals surface area contributed by atoms with Crippen molar-refractivity contribution in [3.63, 3.8) is 0 Å². The molecular formula is C49H35N3S2. The summed E-state index contributed by atoms with van der Waals surface area (Å²) >= 11 is 3.36. The second-order valence-electron chi connectivity index (χ2n) is 14.4. The zero-order valence-corrected chi connectivity index (χ0v) is 31.6. The largest absolute Gasteiger partial charge is 0.207 e. The van der Waals surface area contributed by atoms with Gasteiger partial charge in [-0.3, -0.25) is 0 Å². The highest BCUT2D eigenvalue weighted by Gasteiger charge is 2.17. The third-order valence-electron chi connectivity index (χ3n) is 10.3. The summed E-state index contributed by atoms with van der Waals surface area (Å²) in [5, 5.41) is 14.3. The van der Waals surface area contributed by atoms with E-state index in [1.807, 2.05) is 6.07 Å². The van der Waals surface area contributed by atoms with Gasteiger partial charge < -0.3 is 0 Å². The average molecular weight is 730 g/mol. The molecule has 0 aliphatic heterocycles. The first-order valence-electron chi connectivity index (χ1n) is 18.4. The Hall–Kier alpha value is -6.01. The van der Waals surface area contributed by atoms with E-state index in [0.29, 0.717) is 17.6 Å². The lowest BCUT2D eigenvalue weighted by atomic mass is 9.88. The maximum Gasteiger partial charge on any atom is 0.174 e. The van der Waals surface area contributed by atoms with Gasteiger partial charge in [0.15, 0.2) is 17.5 Å². The molecule has 3 nitrogen and oxygen atoms in total. The molecule has 7 aromatic carbocycles. The number of thiophene rings is 2. The van der Waals surface area contributed by atoms with Crippen molar-refractivity contribution in [3.8, 4) is 55.0 Å². The Balaban J connectivity index is 1.10. The first-order chi connectivity index (χ1) is 26.6. The number of aromatic nitrogens is 3. The summed E-state index contributed by atoms with van der Waals surface area (Å²) in [5.74, 6) is 2.71. The number of rotatable bonds is 7. The molecule has 10 rings (SSSR count). The minimum absolute atomic E-state index is 0.590. The Bertz CT molecular complexity index is 2990. The van der Waals surface area contributed by atoms with Crippen molar-refractivity contribution >= 4 is 65.8 Å². The minimum atomic E-state index is 0.590. The highest BCUT2D eigenvalue weighted by atomic mass is 32.1. The number of nitrogens with zero attached hydrogens (tertiary/aromatic N) is 3. The van der Waals surface area contributed by atoms with E-state index < -0.39 is 0 Å². The monoisotopic (exact) mass is 729 g/mol. The summed E-state index contributed by atoms with van der Waals surface area (Å²) in [6.45, 7) is 4.51. The molecule has 0 spiro atoms. The van der Waals surface area contributed by atoms with Crippen LogP contribution in [0.5, 0.6) is 0 Å². The van der Waals surface area contributed by atoms with E-state index in [0.717, 1.165) is 33.1 Å². The van der Waals surface area contributed by atoms with Gasteiger partial charge in [0.2, 0.25) is 0 Å². The number of fused-ring (bicyclic) bond motifs is 5. The van der Waals surface area contributed by atoms with E-state index in [1.54, 1.807) is 22.7 Å². The first kappa shape index (κ1) is 32.6. The lowest BCUT2D eigenvalue weighted by Gasteiger charge is -2.16. The molecule has 0 fully saturated rings. The predicted molar refractivity (Wildman–Crippen MR) is 231 cm³/mol. The first-order valence-corrected chi connectivity index (χ1v) is 20.2. The van der Waals surface area contributed by atoms with Gasteiger partial charge >= 0.3 is 0 Å². The molecule has 0 radical (unpaired) electrons. The van der Waals surface area contributed by atoms with E-state index in [1.165, 1.54) is 65.3 Å². The summed E-state index contributed by atoms with van der Waals surface area (Å²) in [4.78, 5) is 17.1. The highest BCUT2D eigenvalue weighted by molar-refractivity contribution is 7.14. The molecule has 10 aromatic rings. The minimum Gasteiger partial charge on any atom is -0.207 e. The van der Waals surface area contributed by atoms with Crippen molar-refractivity contribution in [2.75, 3.05) is 0 Å². The third kappa shape index (κ3) is 5.86. The Morgan fingerprint density at radius 1 is 0.463 bits per heavy atom. The molecule has 0 saturated carbocycles. The van der Waals surface area contributed by atoms with Crippen molar-refractivity contribution in [1.29, 1.82) is 0 Å². The van der Waals surface area contributed by atoms with Gasteiger partial charge in [-0.2, -0.15) is 0 Å². The molecule has 258 valence electrons. The summed E-state index contributed by atoms with van der Waals surface area (Å²) < 4.78 is 0. The SMILES string of the molecule is CC(C)Cc1csc(-c2nc(-c3ccc(-c4c5ccccc5cc5c4ccc4c(-c6ccc7ccccc7c6)cccc45)cc3)nc(-c3cccs3)n2)c1. The molecule has 0 unspecified atom stereocenters. The van der Waals surface area contributed by atoms with Gasteiger partial charge in [-0.1, -0.05) is 135 Å². The Morgan fingerprint density at radius 2 is 1.17 bits per heavy atom. The van der Waals surface area contributed by atoms with Crippen LogP contribution in [0.1, 0.15) is 19.4 Å². The van der Waals surface area contributed by atoms with Gasteiger partial charge in [0.25, 0.3) is 0 Å². The molecule has 5 heteroatoms. The predicted octanol–water partition coefficient (Wildman–Crippen LogP) is 14.1. The molecular weight excluding hydrogens is 695 g/mol. The Morgan fingerprint density at radius 3 is 1.98 bits per heavy atom. The van der Waals surface area contributed by atoms with Gasteiger partial charge in [0, 0.05) is 5.56 Å². The third-order valence-corrected chi connectivity index (χ3v) is 12.1. The van der Waals surface area contributed by atoms with Crippen molar-refractivity contribution in [2.24, 2.45) is 5.92 Å². The molecule has 0 saturated heterocycles. The molecule has 3 aromatic heterocycles. The van der Waals surface area contributed by atoms with E-state index in [4.69, 9.17) is 15.0 Å². The molecule has 0 N–H and O–H groups in total. The van der Waals surface area contributed by atoms with E-state index >= 15 is 0 Å². The van der Waals surface area contributed by atoms with E-state index in [9.17, 15) is 0 Å². The molecule has 0 atom stereocenters. The second kappa shape index (κ2) is 13.4. The van der Waals surface area contributed by atoms with Crippen LogP contribution >= 0.6 is 22.7 Å². The number of hydrogen-bond acceptors (Lipinski definition) is 5. The Labute approximate surface area is 322 Å². The lowest BCUT2D eigenvalue weighted by Crippen LogP contribution is -1.98. The fraction of sp³-hybridized carbons (Fsp3) is 0.0816. The molecule has 0 aliphatic carbocycles. The zero-order chi connectivity index (χ0) is 36.2. The molecule has 3 heterocycles. The van der Waals surface area contributed by atoms with Gasteiger partial charge in [-0.05, 0) is 118 Å². The normalized spacial score (nSPS) is 11.8. The van der Waals surface area contributed by atoms with Crippen LogP contribution in [-0.2, 0) is 6.42 Å². The van der Waals surface area contributed by atoms with Crippen LogP contribution in [0.3, 0.4) is 0 Å². The van der Waals surface area contributed by atoms with Crippen LogP contribution < -0.4 is 0 Å². The molecule has 0 bridgehead atoms. The zero-order valence-electron chi connectivity index (χ0n) is 30.0. The topological polar surface area (TPSA) is 38.7 Å². The lowest BCUT2D eigenvalue weighted by molar-refractivity contribution is 0.649.